The van der Waals surface area contributed by atoms with Crippen LogP contribution in [-0.2, 0) is 10.5 Å². The van der Waals surface area contributed by atoms with Gasteiger partial charge < -0.3 is 5.32 Å². The molecule has 0 fully saturated rings. The molecular weight excluding hydrogens is 397 g/mol. The van der Waals surface area contributed by atoms with Gasteiger partial charge in [-0.25, -0.2) is 0 Å². The van der Waals surface area contributed by atoms with Crippen LogP contribution in [0.4, 0.5) is 5.13 Å². The number of carbonyl (C=O) groups is 1. The Labute approximate surface area is 166 Å². The fourth-order valence-corrected chi connectivity index (χ4v) is 4.80. The van der Waals surface area contributed by atoms with E-state index < -0.39 is 0 Å². The number of thioether (sulfide) groups is 1. The highest BCUT2D eigenvalue weighted by molar-refractivity contribution is 8.00. The molecule has 1 aromatic heterocycles. The number of benzene rings is 1. The summed E-state index contributed by atoms with van der Waals surface area (Å²) in [6.45, 7) is 4.17. The first-order valence-corrected chi connectivity index (χ1v) is 10.8. The smallest absolute Gasteiger partial charge is 0.229 e. The lowest BCUT2D eigenvalue weighted by Gasteiger charge is -2.12. The maximum absolute atomic E-state index is 12.3. The van der Waals surface area contributed by atoms with Crippen molar-refractivity contribution in [3.8, 4) is 0 Å². The minimum Gasteiger partial charge on any atom is -0.300 e. The molecular formula is C17H21Cl2N3OS2. The van der Waals surface area contributed by atoms with Crippen LogP contribution in [0, 0.1) is 5.92 Å². The summed E-state index contributed by atoms with van der Waals surface area (Å²) in [6.07, 6.45) is 3.89. The van der Waals surface area contributed by atoms with Crippen LogP contribution in [0.25, 0.3) is 0 Å². The molecule has 0 aliphatic heterocycles. The lowest BCUT2D eigenvalue weighted by atomic mass is 9.99. The minimum absolute atomic E-state index is 0.0257. The third kappa shape index (κ3) is 6.13. The third-order valence-electron chi connectivity index (χ3n) is 3.81. The van der Waals surface area contributed by atoms with Crippen molar-refractivity contribution < 1.29 is 4.79 Å². The number of nitrogens with one attached hydrogen (secondary N) is 1. The van der Waals surface area contributed by atoms with Gasteiger partial charge in [-0.15, -0.1) is 10.2 Å². The van der Waals surface area contributed by atoms with Gasteiger partial charge in [0.15, 0.2) is 4.34 Å². The van der Waals surface area contributed by atoms with Gasteiger partial charge in [0.25, 0.3) is 0 Å². The SMILES string of the molecule is CCCC[C@@H](CC)C(=O)Nc1nnc(SCc2c(Cl)cccc2Cl)s1. The Morgan fingerprint density at radius 3 is 2.64 bits per heavy atom. The number of carbonyl (C=O) groups excluding carboxylic acids is 1. The highest BCUT2D eigenvalue weighted by Crippen LogP contribution is 2.33. The molecule has 1 atom stereocenters. The van der Waals surface area contributed by atoms with Gasteiger partial charge in [0, 0.05) is 21.7 Å². The molecule has 1 aromatic carbocycles. The van der Waals surface area contributed by atoms with Crippen LogP contribution in [0.1, 0.15) is 45.1 Å². The number of unbranched alkanes of at least 4 members (excludes halogenated alkanes) is 1. The number of anilines is 1. The quantitative estimate of drug-likeness (QED) is 0.384. The van der Waals surface area contributed by atoms with Crippen LogP contribution in [0.15, 0.2) is 22.5 Å². The fraction of sp³-hybridized carbons (Fsp3) is 0.471. The van der Waals surface area contributed by atoms with Crippen molar-refractivity contribution in [3.63, 3.8) is 0 Å². The average molecular weight is 418 g/mol. The fourth-order valence-electron chi connectivity index (χ4n) is 2.30. The van der Waals surface area contributed by atoms with Crippen LogP contribution >= 0.6 is 46.3 Å². The first-order valence-electron chi connectivity index (χ1n) is 8.25. The summed E-state index contributed by atoms with van der Waals surface area (Å²) >= 11 is 15.2. The van der Waals surface area contributed by atoms with E-state index in [2.05, 4.69) is 22.4 Å². The van der Waals surface area contributed by atoms with E-state index in [9.17, 15) is 4.79 Å². The molecule has 0 spiro atoms. The number of nitrogens with zero attached hydrogens (tertiary/aromatic N) is 2. The van der Waals surface area contributed by atoms with Crippen molar-refractivity contribution in [2.45, 2.75) is 49.6 Å². The number of rotatable bonds is 9. The zero-order valence-corrected chi connectivity index (χ0v) is 17.4. The molecule has 0 aliphatic carbocycles. The van der Waals surface area contributed by atoms with Crippen LogP contribution < -0.4 is 5.32 Å². The van der Waals surface area contributed by atoms with Crippen LogP contribution in [-0.4, -0.2) is 16.1 Å². The van der Waals surface area contributed by atoms with E-state index in [1.165, 1.54) is 23.1 Å². The molecule has 8 heteroatoms. The first-order chi connectivity index (χ1) is 12.0. The molecule has 0 radical (unpaired) electrons. The monoisotopic (exact) mass is 417 g/mol. The number of hydrogen-bond donors (Lipinski definition) is 1. The molecule has 2 rings (SSSR count). The van der Waals surface area contributed by atoms with E-state index in [1.54, 1.807) is 0 Å². The van der Waals surface area contributed by atoms with Gasteiger partial charge >= 0.3 is 0 Å². The molecule has 1 amide bonds. The van der Waals surface area contributed by atoms with Crippen molar-refractivity contribution >= 4 is 57.3 Å². The first kappa shape index (κ1) is 20.5. The average Bonchev–Trinajstić information content (AvgIpc) is 3.02. The Morgan fingerprint density at radius 1 is 1.28 bits per heavy atom. The van der Waals surface area contributed by atoms with Crippen molar-refractivity contribution in [3.05, 3.63) is 33.8 Å². The zero-order valence-electron chi connectivity index (χ0n) is 14.2. The number of amides is 1. The number of aromatic nitrogens is 2. The summed E-state index contributed by atoms with van der Waals surface area (Å²) in [7, 11) is 0. The van der Waals surface area contributed by atoms with Crippen LogP contribution in [0.2, 0.25) is 10.0 Å². The Bertz CT molecular complexity index is 689. The van der Waals surface area contributed by atoms with Gasteiger partial charge in [0.1, 0.15) is 0 Å². The molecule has 1 heterocycles. The Morgan fingerprint density at radius 2 is 2.00 bits per heavy atom. The molecule has 1 N–H and O–H groups in total. The normalized spacial score (nSPS) is 12.2. The number of hydrogen-bond acceptors (Lipinski definition) is 5. The Hall–Kier alpha value is -0.820. The molecule has 0 saturated heterocycles. The van der Waals surface area contributed by atoms with E-state index in [4.69, 9.17) is 23.2 Å². The predicted molar refractivity (Wildman–Crippen MR) is 108 cm³/mol. The van der Waals surface area contributed by atoms with Gasteiger partial charge in [-0.2, -0.15) is 0 Å². The number of halogens is 2. The van der Waals surface area contributed by atoms with E-state index in [0.29, 0.717) is 20.9 Å². The summed E-state index contributed by atoms with van der Waals surface area (Å²) in [5.74, 6) is 0.662. The lowest BCUT2D eigenvalue weighted by Crippen LogP contribution is -2.22. The van der Waals surface area contributed by atoms with E-state index in [-0.39, 0.29) is 11.8 Å². The van der Waals surface area contributed by atoms with Crippen molar-refractivity contribution in [1.29, 1.82) is 0 Å². The maximum Gasteiger partial charge on any atom is 0.229 e. The largest absolute Gasteiger partial charge is 0.300 e. The van der Waals surface area contributed by atoms with E-state index >= 15 is 0 Å². The summed E-state index contributed by atoms with van der Waals surface area (Å²) < 4.78 is 0.771. The Kier molecular flexibility index (Phi) is 8.49. The van der Waals surface area contributed by atoms with Crippen LogP contribution in [0.3, 0.4) is 0 Å². The maximum atomic E-state index is 12.3. The van der Waals surface area contributed by atoms with E-state index in [1.807, 2.05) is 25.1 Å². The highest BCUT2D eigenvalue weighted by atomic mass is 35.5. The second kappa shape index (κ2) is 10.4. The van der Waals surface area contributed by atoms with Gasteiger partial charge in [-0.1, -0.05) is 79.1 Å². The summed E-state index contributed by atoms with van der Waals surface area (Å²) in [6, 6.07) is 5.45. The summed E-state index contributed by atoms with van der Waals surface area (Å²) in [5, 5.41) is 12.9. The summed E-state index contributed by atoms with van der Waals surface area (Å²) in [4.78, 5) is 12.3. The van der Waals surface area contributed by atoms with Crippen LogP contribution in [0.5, 0.6) is 0 Å². The molecule has 136 valence electrons. The standard InChI is InChI=1S/C17H21Cl2N3OS2/c1-3-5-7-11(4-2)15(23)20-16-21-22-17(25-16)24-10-12-13(18)8-6-9-14(12)19/h6,8-9,11H,3-5,7,10H2,1-2H3,(H,20,21,23)/t11-/m1/s1. The predicted octanol–water partition coefficient (Wildman–Crippen LogP) is 6.29. The molecule has 0 bridgehead atoms. The third-order valence-corrected chi connectivity index (χ3v) is 6.51. The highest BCUT2D eigenvalue weighted by Gasteiger charge is 2.18. The van der Waals surface area contributed by atoms with Crippen molar-refractivity contribution in [2.75, 3.05) is 5.32 Å². The lowest BCUT2D eigenvalue weighted by molar-refractivity contribution is -0.120. The molecule has 0 aliphatic rings. The van der Waals surface area contributed by atoms with Gasteiger partial charge in [0.05, 0.1) is 0 Å². The van der Waals surface area contributed by atoms with E-state index in [0.717, 1.165) is 35.6 Å². The van der Waals surface area contributed by atoms with Crippen molar-refractivity contribution in [1.82, 2.24) is 10.2 Å². The topological polar surface area (TPSA) is 54.9 Å². The molecule has 0 unspecified atom stereocenters. The second-order valence-corrected chi connectivity index (χ2v) is 8.61. The minimum atomic E-state index is 0.0257. The Balaban J connectivity index is 1.92. The molecule has 25 heavy (non-hydrogen) atoms. The molecule has 4 nitrogen and oxygen atoms in total. The zero-order chi connectivity index (χ0) is 18.2. The van der Waals surface area contributed by atoms with Gasteiger partial charge in [-0.05, 0) is 30.5 Å². The molecule has 0 saturated carbocycles. The summed E-state index contributed by atoms with van der Waals surface area (Å²) in [5.41, 5.74) is 0.877. The van der Waals surface area contributed by atoms with Gasteiger partial charge in [0.2, 0.25) is 11.0 Å². The molecule has 2 aromatic rings. The van der Waals surface area contributed by atoms with Crippen molar-refractivity contribution in [2.24, 2.45) is 5.92 Å². The second-order valence-electron chi connectivity index (χ2n) is 5.60. The van der Waals surface area contributed by atoms with Gasteiger partial charge in [-0.3, -0.25) is 4.79 Å².